The van der Waals surface area contributed by atoms with Gasteiger partial charge in [0.2, 0.25) is 0 Å². The predicted molar refractivity (Wildman–Crippen MR) is 95.8 cm³/mol. The molecule has 0 heterocycles. The summed E-state index contributed by atoms with van der Waals surface area (Å²) in [5, 5.41) is 2.61. The van der Waals surface area contributed by atoms with E-state index in [1.54, 1.807) is 20.8 Å². The summed E-state index contributed by atoms with van der Waals surface area (Å²) < 4.78 is 15.7. The number of esters is 1. The summed E-state index contributed by atoms with van der Waals surface area (Å²) in [4.78, 5) is 23.0. The average Bonchev–Trinajstić information content (AvgIpc) is 2.48. The number of hydrogen-bond donors (Lipinski definition) is 1. The Labute approximate surface area is 149 Å². The molecule has 0 aliphatic carbocycles. The first-order valence-electron chi connectivity index (χ1n) is 8.50. The molecule has 1 rings (SSSR count). The number of rotatable bonds is 8. The summed E-state index contributed by atoms with van der Waals surface area (Å²) in [6.07, 6.45) is 0.246. The maximum atomic E-state index is 11.6. The molecule has 1 amide bonds. The van der Waals surface area contributed by atoms with Gasteiger partial charge in [-0.05, 0) is 64.3 Å². The SMILES string of the molecule is Cc1ccc(OCCC(=O)OCCCNC(=O)OC(C)(C)C)cc1C. The quantitative estimate of drug-likeness (QED) is 0.573. The van der Waals surface area contributed by atoms with Crippen LogP contribution in [0.15, 0.2) is 18.2 Å². The third-order valence-electron chi connectivity index (χ3n) is 3.31. The van der Waals surface area contributed by atoms with E-state index in [1.165, 1.54) is 5.56 Å². The number of carbonyl (C=O) groups is 2. The van der Waals surface area contributed by atoms with Gasteiger partial charge < -0.3 is 19.5 Å². The topological polar surface area (TPSA) is 73.9 Å². The lowest BCUT2D eigenvalue weighted by atomic mass is 10.1. The Bertz CT molecular complexity index is 578. The fourth-order valence-electron chi connectivity index (χ4n) is 1.89. The van der Waals surface area contributed by atoms with E-state index in [4.69, 9.17) is 14.2 Å². The van der Waals surface area contributed by atoms with Crippen LogP contribution in [0.3, 0.4) is 0 Å². The predicted octanol–water partition coefficient (Wildman–Crippen LogP) is 3.53. The number of hydrogen-bond acceptors (Lipinski definition) is 5. The monoisotopic (exact) mass is 351 g/mol. The summed E-state index contributed by atoms with van der Waals surface area (Å²) in [6.45, 7) is 10.4. The molecule has 6 heteroatoms. The second-order valence-corrected chi connectivity index (χ2v) is 6.85. The smallest absolute Gasteiger partial charge is 0.407 e. The van der Waals surface area contributed by atoms with Crippen molar-refractivity contribution in [2.75, 3.05) is 19.8 Å². The molecule has 1 aromatic rings. The maximum Gasteiger partial charge on any atom is 0.407 e. The number of ether oxygens (including phenoxy) is 3. The van der Waals surface area contributed by atoms with Crippen LogP contribution in [0, 0.1) is 13.8 Å². The summed E-state index contributed by atoms with van der Waals surface area (Å²) >= 11 is 0. The minimum atomic E-state index is -0.521. The van der Waals surface area contributed by atoms with Gasteiger partial charge in [0, 0.05) is 6.54 Å². The minimum Gasteiger partial charge on any atom is -0.493 e. The van der Waals surface area contributed by atoms with E-state index in [1.807, 2.05) is 32.0 Å². The van der Waals surface area contributed by atoms with Crippen LogP contribution in [-0.2, 0) is 14.3 Å². The highest BCUT2D eigenvalue weighted by molar-refractivity contribution is 5.69. The van der Waals surface area contributed by atoms with E-state index < -0.39 is 11.7 Å². The molecule has 0 saturated heterocycles. The van der Waals surface area contributed by atoms with Crippen molar-refractivity contribution in [1.29, 1.82) is 0 Å². The zero-order valence-corrected chi connectivity index (χ0v) is 15.8. The van der Waals surface area contributed by atoms with Crippen molar-refractivity contribution in [1.82, 2.24) is 5.32 Å². The summed E-state index contributed by atoms with van der Waals surface area (Å²) in [6, 6.07) is 5.82. The van der Waals surface area contributed by atoms with Gasteiger partial charge in [0.15, 0.2) is 0 Å². The number of nitrogens with one attached hydrogen (secondary N) is 1. The molecule has 0 unspecified atom stereocenters. The third-order valence-corrected chi connectivity index (χ3v) is 3.31. The van der Waals surface area contributed by atoms with Crippen LogP contribution in [0.4, 0.5) is 4.79 Å². The van der Waals surface area contributed by atoms with Crippen molar-refractivity contribution in [3.8, 4) is 5.75 Å². The van der Waals surface area contributed by atoms with Gasteiger partial charge in [-0.3, -0.25) is 4.79 Å². The summed E-state index contributed by atoms with van der Waals surface area (Å²) in [5.41, 5.74) is 1.83. The number of alkyl carbamates (subject to hydrolysis) is 1. The van der Waals surface area contributed by atoms with Crippen molar-refractivity contribution in [3.05, 3.63) is 29.3 Å². The van der Waals surface area contributed by atoms with Crippen LogP contribution < -0.4 is 10.1 Å². The molecular weight excluding hydrogens is 322 g/mol. The molecule has 140 valence electrons. The third kappa shape index (κ3) is 9.59. The first kappa shape index (κ1) is 20.8. The van der Waals surface area contributed by atoms with Crippen LogP contribution in [0.2, 0.25) is 0 Å². The van der Waals surface area contributed by atoms with E-state index in [9.17, 15) is 9.59 Å². The highest BCUT2D eigenvalue weighted by Gasteiger charge is 2.15. The number of aryl methyl sites for hydroxylation is 2. The zero-order valence-electron chi connectivity index (χ0n) is 15.8. The van der Waals surface area contributed by atoms with E-state index in [-0.39, 0.29) is 25.6 Å². The minimum absolute atomic E-state index is 0.187. The first-order valence-corrected chi connectivity index (χ1v) is 8.50. The van der Waals surface area contributed by atoms with Gasteiger partial charge in [0.05, 0.1) is 19.6 Å². The van der Waals surface area contributed by atoms with Crippen LogP contribution in [0.5, 0.6) is 5.75 Å². The molecule has 0 bridgehead atoms. The number of benzene rings is 1. The Morgan fingerprint density at radius 1 is 1.08 bits per heavy atom. The van der Waals surface area contributed by atoms with Gasteiger partial charge in [-0.1, -0.05) is 6.07 Å². The fourth-order valence-corrected chi connectivity index (χ4v) is 1.89. The van der Waals surface area contributed by atoms with Gasteiger partial charge >= 0.3 is 12.1 Å². The van der Waals surface area contributed by atoms with Gasteiger partial charge in [0.25, 0.3) is 0 Å². The van der Waals surface area contributed by atoms with Gasteiger partial charge in [-0.25, -0.2) is 4.79 Å². The molecule has 1 aromatic carbocycles. The van der Waals surface area contributed by atoms with Crippen molar-refractivity contribution < 1.29 is 23.8 Å². The second-order valence-electron chi connectivity index (χ2n) is 6.85. The zero-order chi connectivity index (χ0) is 18.9. The molecule has 0 aliphatic rings. The summed E-state index contributed by atoms with van der Waals surface area (Å²) in [5.74, 6) is 0.429. The van der Waals surface area contributed by atoms with Gasteiger partial charge in [-0.15, -0.1) is 0 Å². The highest BCUT2D eigenvalue weighted by Crippen LogP contribution is 2.16. The van der Waals surface area contributed by atoms with E-state index in [0.717, 1.165) is 11.3 Å². The molecule has 0 atom stereocenters. The molecule has 0 aromatic heterocycles. The molecule has 0 spiro atoms. The van der Waals surface area contributed by atoms with E-state index >= 15 is 0 Å². The van der Waals surface area contributed by atoms with E-state index in [0.29, 0.717) is 13.0 Å². The normalized spacial score (nSPS) is 10.9. The largest absolute Gasteiger partial charge is 0.493 e. The molecule has 25 heavy (non-hydrogen) atoms. The van der Waals surface area contributed by atoms with Crippen molar-refractivity contribution in [2.24, 2.45) is 0 Å². The van der Waals surface area contributed by atoms with Crippen LogP contribution in [0.25, 0.3) is 0 Å². The molecular formula is C19H29NO5. The lowest BCUT2D eigenvalue weighted by molar-refractivity contribution is -0.144. The number of carbonyl (C=O) groups excluding carboxylic acids is 2. The molecule has 0 fully saturated rings. The molecule has 0 saturated carbocycles. The number of amides is 1. The molecule has 6 nitrogen and oxygen atoms in total. The summed E-state index contributed by atoms with van der Waals surface area (Å²) in [7, 11) is 0. The van der Waals surface area contributed by atoms with Gasteiger partial charge in [-0.2, -0.15) is 0 Å². The van der Waals surface area contributed by atoms with Crippen molar-refractivity contribution >= 4 is 12.1 Å². The van der Waals surface area contributed by atoms with Crippen LogP contribution in [0.1, 0.15) is 44.7 Å². The Morgan fingerprint density at radius 3 is 2.44 bits per heavy atom. The molecule has 1 N–H and O–H groups in total. The fraction of sp³-hybridized carbons (Fsp3) is 0.579. The Morgan fingerprint density at radius 2 is 1.80 bits per heavy atom. The molecule has 0 aliphatic heterocycles. The van der Waals surface area contributed by atoms with Gasteiger partial charge in [0.1, 0.15) is 11.4 Å². The average molecular weight is 351 g/mol. The van der Waals surface area contributed by atoms with Crippen molar-refractivity contribution in [3.63, 3.8) is 0 Å². The Kier molecular flexibility index (Phi) is 8.25. The standard InChI is InChI=1S/C19H29NO5/c1-14-7-8-16(13-15(14)2)23-12-9-17(21)24-11-6-10-20-18(22)25-19(3,4)5/h7-8,13H,6,9-12H2,1-5H3,(H,20,22). The molecule has 0 radical (unpaired) electrons. The Hall–Kier alpha value is -2.24. The highest BCUT2D eigenvalue weighted by atomic mass is 16.6. The lowest BCUT2D eigenvalue weighted by Gasteiger charge is -2.19. The maximum absolute atomic E-state index is 11.6. The first-order chi connectivity index (χ1) is 11.7. The Balaban J connectivity index is 2.09. The lowest BCUT2D eigenvalue weighted by Crippen LogP contribution is -2.33. The second kappa shape index (κ2) is 9.91. The van der Waals surface area contributed by atoms with Crippen molar-refractivity contribution in [2.45, 2.75) is 53.1 Å². The van der Waals surface area contributed by atoms with Crippen LogP contribution >= 0.6 is 0 Å². The van der Waals surface area contributed by atoms with E-state index in [2.05, 4.69) is 5.32 Å². The van der Waals surface area contributed by atoms with Crippen LogP contribution in [-0.4, -0.2) is 37.4 Å².